The summed E-state index contributed by atoms with van der Waals surface area (Å²) in [5, 5.41) is 15.0. The van der Waals surface area contributed by atoms with Crippen molar-refractivity contribution in [2.45, 2.75) is 6.92 Å². The second kappa shape index (κ2) is 9.09. The third kappa shape index (κ3) is 4.38. The van der Waals surface area contributed by atoms with Crippen LogP contribution in [0.5, 0.6) is 11.5 Å². The van der Waals surface area contributed by atoms with Gasteiger partial charge in [-0.05, 0) is 31.2 Å². The fourth-order valence-corrected chi connectivity index (χ4v) is 3.26. The molecular formula is C25H21N3O3. The van der Waals surface area contributed by atoms with Crippen LogP contribution in [0.2, 0.25) is 0 Å². The summed E-state index contributed by atoms with van der Waals surface area (Å²) in [6.07, 6.45) is 1.39. The third-order valence-electron chi connectivity index (χ3n) is 4.73. The number of nitrogens with zero attached hydrogens (tertiary/aromatic N) is 2. The molecule has 0 unspecified atom stereocenters. The lowest BCUT2D eigenvalue weighted by Crippen LogP contribution is -2.18. The number of aromatic nitrogens is 1. The maximum atomic E-state index is 12.9. The van der Waals surface area contributed by atoms with Crippen LogP contribution in [0.1, 0.15) is 22.8 Å². The van der Waals surface area contributed by atoms with Gasteiger partial charge >= 0.3 is 0 Å². The number of hydrazone groups is 1. The summed E-state index contributed by atoms with van der Waals surface area (Å²) < 4.78 is 5.37. The van der Waals surface area contributed by atoms with E-state index in [1.165, 1.54) is 6.21 Å². The molecule has 154 valence electrons. The van der Waals surface area contributed by atoms with Crippen LogP contribution in [0, 0.1) is 0 Å². The van der Waals surface area contributed by atoms with E-state index in [1.54, 1.807) is 24.3 Å². The van der Waals surface area contributed by atoms with Crippen molar-refractivity contribution < 1.29 is 14.6 Å². The van der Waals surface area contributed by atoms with Gasteiger partial charge in [0.2, 0.25) is 0 Å². The zero-order chi connectivity index (χ0) is 21.6. The molecule has 1 heterocycles. The van der Waals surface area contributed by atoms with Gasteiger partial charge in [-0.1, -0.05) is 54.6 Å². The second-order valence-electron chi connectivity index (χ2n) is 6.76. The standard InChI is InChI=1S/C25H21N3O3/c1-2-31-23-14-8-11-18(24(23)29)16-26-28-25(30)20-15-22(17-9-4-3-5-10-17)27-21-13-7-6-12-19(20)21/h3-16,29H,2H2,1H3,(H,28,30)/b26-16-. The Balaban J connectivity index is 1.64. The molecule has 0 aliphatic rings. The molecule has 2 N–H and O–H groups in total. The largest absolute Gasteiger partial charge is 0.504 e. The molecule has 0 atom stereocenters. The number of fused-ring (bicyclic) bond motifs is 1. The minimum absolute atomic E-state index is 0.0249. The van der Waals surface area contributed by atoms with E-state index in [4.69, 9.17) is 4.74 Å². The van der Waals surface area contributed by atoms with Crippen LogP contribution in [0.25, 0.3) is 22.2 Å². The van der Waals surface area contributed by atoms with E-state index in [0.29, 0.717) is 29.2 Å². The molecule has 0 spiro atoms. The van der Waals surface area contributed by atoms with Crippen molar-refractivity contribution in [3.63, 3.8) is 0 Å². The average Bonchev–Trinajstić information content (AvgIpc) is 2.81. The Morgan fingerprint density at radius 1 is 1.06 bits per heavy atom. The Kier molecular flexibility index (Phi) is 5.89. The van der Waals surface area contributed by atoms with E-state index in [1.807, 2.05) is 61.5 Å². The van der Waals surface area contributed by atoms with Gasteiger partial charge in [-0.25, -0.2) is 10.4 Å². The number of hydrogen-bond acceptors (Lipinski definition) is 5. The average molecular weight is 411 g/mol. The zero-order valence-corrected chi connectivity index (χ0v) is 16.9. The molecule has 0 saturated heterocycles. The first-order valence-corrected chi connectivity index (χ1v) is 9.90. The highest BCUT2D eigenvalue weighted by atomic mass is 16.5. The number of rotatable bonds is 6. The highest BCUT2D eigenvalue weighted by Crippen LogP contribution is 2.28. The first kappa shape index (κ1) is 20.1. The molecular weight excluding hydrogens is 390 g/mol. The van der Waals surface area contributed by atoms with Gasteiger partial charge in [0, 0.05) is 16.5 Å². The van der Waals surface area contributed by atoms with Gasteiger partial charge in [-0.15, -0.1) is 0 Å². The first-order chi connectivity index (χ1) is 15.2. The number of aromatic hydroxyl groups is 1. The fraction of sp³-hybridized carbons (Fsp3) is 0.0800. The highest BCUT2D eigenvalue weighted by molar-refractivity contribution is 6.07. The van der Waals surface area contributed by atoms with Gasteiger partial charge in [0.1, 0.15) is 0 Å². The van der Waals surface area contributed by atoms with Crippen molar-refractivity contribution in [2.75, 3.05) is 6.61 Å². The number of carbonyl (C=O) groups excluding carboxylic acids is 1. The normalized spacial score (nSPS) is 11.0. The van der Waals surface area contributed by atoms with Crippen LogP contribution in [0.4, 0.5) is 0 Å². The van der Waals surface area contributed by atoms with E-state index in [9.17, 15) is 9.90 Å². The van der Waals surface area contributed by atoms with E-state index in [2.05, 4.69) is 15.5 Å². The quantitative estimate of drug-likeness (QED) is 0.354. The van der Waals surface area contributed by atoms with Crippen molar-refractivity contribution >= 4 is 23.0 Å². The fourth-order valence-electron chi connectivity index (χ4n) is 3.26. The number of hydrogen-bond donors (Lipinski definition) is 2. The van der Waals surface area contributed by atoms with Crippen LogP contribution < -0.4 is 10.2 Å². The van der Waals surface area contributed by atoms with Crippen LogP contribution in [0.15, 0.2) is 84.0 Å². The van der Waals surface area contributed by atoms with Crippen molar-refractivity contribution in [3.05, 3.63) is 90.0 Å². The summed E-state index contributed by atoms with van der Waals surface area (Å²) in [7, 11) is 0. The van der Waals surface area contributed by atoms with Gasteiger partial charge in [0.15, 0.2) is 11.5 Å². The van der Waals surface area contributed by atoms with E-state index >= 15 is 0 Å². The van der Waals surface area contributed by atoms with E-state index < -0.39 is 0 Å². The number of nitrogens with one attached hydrogen (secondary N) is 1. The van der Waals surface area contributed by atoms with Gasteiger partial charge in [0.05, 0.1) is 29.6 Å². The molecule has 1 amide bonds. The monoisotopic (exact) mass is 411 g/mol. The minimum Gasteiger partial charge on any atom is -0.504 e. The maximum absolute atomic E-state index is 12.9. The first-order valence-electron chi connectivity index (χ1n) is 9.90. The number of carbonyl (C=O) groups is 1. The number of benzene rings is 3. The molecule has 3 aromatic carbocycles. The second-order valence-corrected chi connectivity index (χ2v) is 6.76. The van der Waals surface area contributed by atoms with Gasteiger partial charge < -0.3 is 9.84 Å². The molecule has 0 bridgehead atoms. The number of para-hydroxylation sites is 2. The van der Waals surface area contributed by atoms with Crippen molar-refractivity contribution in [3.8, 4) is 22.8 Å². The van der Waals surface area contributed by atoms with Crippen molar-refractivity contribution in [1.82, 2.24) is 10.4 Å². The molecule has 0 fully saturated rings. The molecule has 6 heteroatoms. The van der Waals surface area contributed by atoms with Gasteiger partial charge in [-0.3, -0.25) is 4.79 Å². The lowest BCUT2D eigenvalue weighted by molar-refractivity contribution is 0.0956. The Bertz CT molecular complexity index is 1250. The summed E-state index contributed by atoms with van der Waals surface area (Å²) >= 11 is 0. The Labute approximate surface area is 179 Å². The van der Waals surface area contributed by atoms with Crippen LogP contribution in [0.3, 0.4) is 0 Å². The molecule has 0 aliphatic heterocycles. The van der Waals surface area contributed by atoms with Crippen LogP contribution >= 0.6 is 0 Å². The summed E-state index contributed by atoms with van der Waals surface area (Å²) in [6, 6.07) is 24.0. The smallest absolute Gasteiger partial charge is 0.272 e. The highest BCUT2D eigenvalue weighted by Gasteiger charge is 2.13. The van der Waals surface area contributed by atoms with Gasteiger partial charge in [-0.2, -0.15) is 5.10 Å². The Hall–Kier alpha value is -4.19. The molecule has 0 aliphatic carbocycles. The molecule has 4 rings (SSSR count). The number of phenols is 1. The Morgan fingerprint density at radius 3 is 2.65 bits per heavy atom. The summed E-state index contributed by atoms with van der Waals surface area (Å²) in [5.41, 5.74) is 5.80. The molecule has 31 heavy (non-hydrogen) atoms. The minimum atomic E-state index is -0.368. The molecule has 1 aromatic heterocycles. The van der Waals surface area contributed by atoms with Crippen molar-refractivity contribution in [1.29, 1.82) is 0 Å². The summed E-state index contributed by atoms with van der Waals surface area (Å²) in [5.74, 6) is -0.0269. The SMILES string of the molecule is CCOc1cccc(/C=N\NC(=O)c2cc(-c3ccccc3)nc3ccccc23)c1O. The maximum Gasteiger partial charge on any atom is 0.272 e. The van der Waals surface area contributed by atoms with Crippen LogP contribution in [-0.4, -0.2) is 28.8 Å². The molecule has 4 aromatic rings. The lowest BCUT2D eigenvalue weighted by Gasteiger charge is -2.09. The van der Waals surface area contributed by atoms with E-state index in [0.717, 1.165) is 16.5 Å². The summed E-state index contributed by atoms with van der Waals surface area (Å²) in [4.78, 5) is 17.6. The predicted molar refractivity (Wildman–Crippen MR) is 122 cm³/mol. The number of amides is 1. The predicted octanol–water partition coefficient (Wildman–Crippen LogP) is 4.77. The third-order valence-corrected chi connectivity index (χ3v) is 4.73. The molecule has 0 radical (unpaired) electrons. The van der Waals surface area contributed by atoms with E-state index in [-0.39, 0.29) is 11.7 Å². The van der Waals surface area contributed by atoms with Gasteiger partial charge in [0.25, 0.3) is 5.91 Å². The molecule has 0 saturated carbocycles. The lowest BCUT2D eigenvalue weighted by atomic mass is 10.0. The number of phenolic OH excluding ortho intramolecular Hbond substituents is 1. The molecule has 6 nitrogen and oxygen atoms in total. The van der Waals surface area contributed by atoms with Crippen molar-refractivity contribution in [2.24, 2.45) is 5.10 Å². The number of pyridine rings is 1. The zero-order valence-electron chi connectivity index (χ0n) is 16.9. The summed E-state index contributed by atoms with van der Waals surface area (Å²) in [6.45, 7) is 2.27. The topological polar surface area (TPSA) is 83.8 Å². The number of ether oxygens (including phenoxy) is 1. The Morgan fingerprint density at radius 2 is 1.84 bits per heavy atom. The van der Waals surface area contributed by atoms with Crippen LogP contribution in [-0.2, 0) is 0 Å².